The summed E-state index contributed by atoms with van der Waals surface area (Å²) >= 11 is 0. The highest BCUT2D eigenvalue weighted by Gasteiger charge is 2.43. The minimum atomic E-state index is -0.384. The summed E-state index contributed by atoms with van der Waals surface area (Å²) in [6.45, 7) is 7.20. The summed E-state index contributed by atoms with van der Waals surface area (Å²) in [5, 5.41) is 0. The maximum absolute atomic E-state index is 5.73. The Morgan fingerprint density at radius 3 is 2.83 bits per heavy atom. The molecule has 0 saturated carbocycles. The number of nitrogens with zero attached hydrogens (tertiary/aromatic N) is 3. The molecule has 0 amide bonds. The van der Waals surface area contributed by atoms with Gasteiger partial charge in [0, 0.05) is 31.1 Å². The zero-order valence-corrected chi connectivity index (χ0v) is 11.0. The normalized spacial score (nSPS) is 22.0. The Kier molecular flexibility index (Phi) is 2.95. The molecule has 2 fully saturated rings. The molecule has 0 atom stereocenters. The fourth-order valence-corrected chi connectivity index (χ4v) is 2.61. The van der Waals surface area contributed by atoms with Gasteiger partial charge in [0.2, 0.25) is 0 Å². The summed E-state index contributed by atoms with van der Waals surface area (Å²) in [4.78, 5) is 11.2. The molecule has 2 aliphatic heterocycles. The predicted octanol–water partition coefficient (Wildman–Crippen LogP) is 1.30. The Labute approximate surface area is 107 Å². The van der Waals surface area contributed by atoms with E-state index in [0.717, 1.165) is 43.3 Å². The van der Waals surface area contributed by atoms with Gasteiger partial charge in [0.25, 0.3) is 0 Å². The Balaban J connectivity index is 1.81. The Morgan fingerprint density at radius 1 is 1.33 bits per heavy atom. The van der Waals surface area contributed by atoms with Crippen LogP contribution in [-0.4, -0.2) is 42.1 Å². The topological polar surface area (TPSA) is 47.5 Å². The van der Waals surface area contributed by atoms with Crippen LogP contribution in [0, 0.1) is 6.92 Å². The maximum Gasteiger partial charge on any atom is 0.187 e. The van der Waals surface area contributed by atoms with E-state index < -0.39 is 0 Å². The third kappa shape index (κ3) is 2.08. The highest BCUT2D eigenvalue weighted by atomic mass is 16.7. The van der Waals surface area contributed by atoms with Crippen molar-refractivity contribution >= 4 is 5.82 Å². The summed E-state index contributed by atoms with van der Waals surface area (Å²) in [6.07, 6.45) is 1.78. The first-order chi connectivity index (χ1) is 8.71. The van der Waals surface area contributed by atoms with E-state index in [1.54, 1.807) is 0 Å². The molecule has 0 radical (unpaired) electrons. The van der Waals surface area contributed by atoms with Crippen LogP contribution in [0.5, 0.6) is 0 Å². The lowest BCUT2D eigenvalue weighted by molar-refractivity contribution is -0.137. The maximum atomic E-state index is 5.73. The van der Waals surface area contributed by atoms with Gasteiger partial charge in [-0.05, 0) is 6.92 Å². The summed E-state index contributed by atoms with van der Waals surface area (Å²) in [5.74, 6) is 1.51. The zero-order chi connectivity index (χ0) is 12.6. The van der Waals surface area contributed by atoms with Gasteiger partial charge < -0.3 is 14.4 Å². The van der Waals surface area contributed by atoms with Gasteiger partial charge in [0.15, 0.2) is 5.79 Å². The van der Waals surface area contributed by atoms with Crippen molar-refractivity contribution in [2.45, 2.75) is 32.5 Å². The summed E-state index contributed by atoms with van der Waals surface area (Å²) in [5.41, 5.74) is 1.02. The number of aryl methyl sites for hydroxylation is 2. The molecule has 0 aliphatic carbocycles. The van der Waals surface area contributed by atoms with E-state index in [1.807, 2.05) is 13.0 Å². The second kappa shape index (κ2) is 4.48. The van der Waals surface area contributed by atoms with Gasteiger partial charge in [-0.25, -0.2) is 9.97 Å². The third-order valence-electron chi connectivity index (χ3n) is 3.54. The number of rotatable bonds is 2. The first-order valence-corrected chi connectivity index (χ1v) is 6.58. The Bertz CT molecular complexity index is 444. The number of aromatic nitrogens is 2. The molecule has 0 N–H and O–H groups in total. The molecule has 3 rings (SSSR count). The minimum Gasteiger partial charge on any atom is -0.351 e. The quantitative estimate of drug-likeness (QED) is 0.790. The lowest BCUT2D eigenvalue weighted by atomic mass is 10.2. The van der Waals surface area contributed by atoms with Crippen LogP contribution in [0.3, 0.4) is 0 Å². The van der Waals surface area contributed by atoms with Crippen LogP contribution in [0.1, 0.15) is 24.9 Å². The van der Waals surface area contributed by atoms with Crippen molar-refractivity contribution in [1.29, 1.82) is 0 Å². The number of hydrogen-bond acceptors (Lipinski definition) is 5. The largest absolute Gasteiger partial charge is 0.351 e. The second-order valence-corrected chi connectivity index (χ2v) is 4.92. The molecular weight excluding hydrogens is 230 g/mol. The predicted molar refractivity (Wildman–Crippen MR) is 67.6 cm³/mol. The van der Waals surface area contributed by atoms with Gasteiger partial charge in [0.1, 0.15) is 11.6 Å². The SMILES string of the molecule is CCc1nc(C)cc(N2CCC3(C2)OCCO3)n1. The molecule has 2 aliphatic rings. The molecule has 1 aromatic rings. The summed E-state index contributed by atoms with van der Waals surface area (Å²) in [6, 6.07) is 2.03. The number of anilines is 1. The van der Waals surface area contributed by atoms with E-state index >= 15 is 0 Å². The lowest BCUT2D eigenvalue weighted by Crippen LogP contribution is -2.34. The molecule has 3 heterocycles. The molecular formula is C13H19N3O2. The van der Waals surface area contributed by atoms with Crippen LogP contribution < -0.4 is 4.90 Å². The van der Waals surface area contributed by atoms with E-state index in [-0.39, 0.29) is 5.79 Å². The van der Waals surface area contributed by atoms with Crippen molar-refractivity contribution < 1.29 is 9.47 Å². The number of ether oxygens (including phenoxy) is 2. The van der Waals surface area contributed by atoms with E-state index in [2.05, 4.69) is 21.8 Å². The average molecular weight is 249 g/mol. The molecule has 98 valence electrons. The Morgan fingerprint density at radius 2 is 2.11 bits per heavy atom. The summed E-state index contributed by atoms with van der Waals surface area (Å²) < 4.78 is 11.5. The number of hydrogen-bond donors (Lipinski definition) is 0. The van der Waals surface area contributed by atoms with Crippen LogP contribution >= 0.6 is 0 Å². The van der Waals surface area contributed by atoms with E-state index in [1.165, 1.54) is 0 Å². The standard InChI is InChI=1S/C13H19N3O2/c1-3-11-14-10(2)8-12(15-11)16-5-4-13(9-16)17-6-7-18-13/h8H,3-7,9H2,1-2H3. The van der Waals surface area contributed by atoms with E-state index in [9.17, 15) is 0 Å². The molecule has 1 spiro atoms. The van der Waals surface area contributed by atoms with Crippen LogP contribution in [0.4, 0.5) is 5.82 Å². The monoisotopic (exact) mass is 249 g/mol. The molecule has 2 saturated heterocycles. The molecule has 5 heteroatoms. The van der Waals surface area contributed by atoms with Gasteiger partial charge >= 0.3 is 0 Å². The van der Waals surface area contributed by atoms with E-state index in [0.29, 0.717) is 13.2 Å². The third-order valence-corrected chi connectivity index (χ3v) is 3.54. The Hall–Kier alpha value is -1.20. The molecule has 1 aromatic heterocycles. The lowest BCUT2D eigenvalue weighted by Gasteiger charge is -2.23. The smallest absolute Gasteiger partial charge is 0.187 e. The highest BCUT2D eigenvalue weighted by Crippen LogP contribution is 2.32. The van der Waals surface area contributed by atoms with Crippen molar-refractivity contribution in [3.8, 4) is 0 Å². The van der Waals surface area contributed by atoms with Crippen molar-refractivity contribution in [1.82, 2.24) is 9.97 Å². The van der Waals surface area contributed by atoms with Gasteiger partial charge in [-0.2, -0.15) is 0 Å². The fourth-order valence-electron chi connectivity index (χ4n) is 2.61. The van der Waals surface area contributed by atoms with Gasteiger partial charge in [-0.15, -0.1) is 0 Å². The first-order valence-electron chi connectivity index (χ1n) is 6.58. The van der Waals surface area contributed by atoms with Crippen molar-refractivity contribution in [3.05, 3.63) is 17.6 Å². The fraction of sp³-hybridized carbons (Fsp3) is 0.692. The first kappa shape index (κ1) is 11.9. The van der Waals surface area contributed by atoms with Crippen LogP contribution in [0.2, 0.25) is 0 Å². The van der Waals surface area contributed by atoms with Crippen molar-refractivity contribution in [2.75, 3.05) is 31.2 Å². The van der Waals surface area contributed by atoms with Crippen molar-refractivity contribution in [2.24, 2.45) is 0 Å². The average Bonchev–Trinajstić information content (AvgIpc) is 3.00. The zero-order valence-electron chi connectivity index (χ0n) is 11.0. The molecule has 5 nitrogen and oxygen atoms in total. The van der Waals surface area contributed by atoms with Crippen LogP contribution in [0.25, 0.3) is 0 Å². The van der Waals surface area contributed by atoms with E-state index in [4.69, 9.17) is 9.47 Å². The minimum absolute atomic E-state index is 0.384. The van der Waals surface area contributed by atoms with Crippen LogP contribution in [0.15, 0.2) is 6.07 Å². The highest BCUT2D eigenvalue weighted by molar-refractivity contribution is 5.41. The van der Waals surface area contributed by atoms with Gasteiger partial charge in [-0.3, -0.25) is 0 Å². The van der Waals surface area contributed by atoms with Gasteiger partial charge in [-0.1, -0.05) is 6.92 Å². The molecule has 0 bridgehead atoms. The van der Waals surface area contributed by atoms with Gasteiger partial charge in [0.05, 0.1) is 19.8 Å². The molecule has 18 heavy (non-hydrogen) atoms. The van der Waals surface area contributed by atoms with Crippen molar-refractivity contribution in [3.63, 3.8) is 0 Å². The summed E-state index contributed by atoms with van der Waals surface area (Å²) in [7, 11) is 0. The molecule has 0 unspecified atom stereocenters. The second-order valence-electron chi connectivity index (χ2n) is 4.92. The van der Waals surface area contributed by atoms with Crippen LogP contribution in [-0.2, 0) is 15.9 Å². The molecule has 0 aromatic carbocycles.